The van der Waals surface area contributed by atoms with Crippen molar-refractivity contribution in [3.8, 4) is 11.5 Å². The number of para-hydroxylation sites is 2. The highest BCUT2D eigenvalue weighted by Gasteiger charge is 2.23. The van der Waals surface area contributed by atoms with E-state index in [1.807, 2.05) is 0 Å². The Balaban J connectivity index is 2.13. The molecule has 140 valence electrons. The molecule has 0 saturated heterocycles. The van der Waals surface area contributed by atoms with E-state index in [9.17, 15) is 13.2 Å². The van der Waals surface area contributed by atoms with Gasteiger partial charge in [0, 0.05) is 0 Å². The molecule has 0 heterocycles. The number of amides is 1. The van der Waals surface area contributed by atoms with Crippen molar-refractivity contribution in [2.75, 3.05) is 19.5 Å². The summed E-state index contributed by atoms with van der Waals surface area (Å²) < 4.78 is 37.4. The lowest BCUT2D eigenvalue weighted by atomic mass is 10.2. The molecule has 7 nitrogen and oxygen atoms in total. The number of rotatable bonds is 7. The van der Waals surface area contributed by atoms with Gasteiger partial charge in [-0.2, -0.15) is 4.72 Å². The second-order valence-corrected chi connectivity index (χ2v) is 7.45. The summed E-state index contributed by atoms with van der Waals surface area (Å²) in [6.45, 7) is 1.44. The number of benzene rings is 2. The standard InChI is InChI=1S/C17H19ClN2O5S/c1-11(17(21)19-14-6-4-5-7-16(14)25-3)20-26(22,23)12-8-9-15(24-2)13(18)10-12/h4-11,20H,1-3H3,(H,19,21)/t11-/m0/s1. The number of carbonyl (C=O) groups excluding carboxylic acids is 1. The minimum absolute atomic E-state index is 0.0692. The van der Waals surface area contributed by atoms with Crippen LogP contribution >= 0.6 is 11.6 Å². The second-order valence-electron chi connectivity index (χ2n) is 5.33. The lowest BCUT2D eigenvalue weighted by Gasteiger charge is -2.16. The van der Waals surface area contributed by atoms with E-state index in [0.717, 1.165) is 0 Å². The third-order valence-corrected chi connectivity index (χ3v) is 5.36. The Bertz CT molecular complexity index is 902. The number of carbonyl (C=O) groups is 1. The Morgan fingerprint density at radius 1 is 1.08 bits per heavy atom. The van der Waals surface area contributed by atoms with Gasteiger partial charge < -0.3 is 14.8 Å². The number of halogens is 1. The summed E-state index contributed by atoms with van der Waals surface area (Å²) >= 11 is 5.96. The zero-order chi connectivity index (χ0) is 19.3. The summed E-state index contributed by atoms with van der Waals surface area (Å²) in [6, 6.07) is 9.85. The number of sulfonamides is 1. The molecular weight excluding hydrogens is 380 g/mol. The zero-order valence-electron chi connectivity index (χ0n) is 14.4. The Kier molecular flexibility index (Phi) is 6.47. The average molecular weight is 399 g/mol. The molecule has 0 bridgehead atoms. The summed E-state index contributed by atoms with van der Waals surface area (Å²) in [6.07, 6.45) is 0. The molecule has 1 amide bonds. The van der Waals surface area contributed by atoms with Gasteiger partial charge in [0.1, 0.15) is 11.5 Å². The fourth-order valence-corrected chi connectivity index (χ4v) is 3.71. The van der Waals surface area contributed by atoms with Gasteiger partial charge in [-0.25, -0.2) is 8.42 Å². The molecule has 0 saturated carbocycles. The van der Waals surface area contributed by atoms with Crippen molar-refractivity contribution < 1.29 is 22.7 Å². The highest BCUT2D eigenvalue weighted by atomic mass is 35.5. The van der Waals surface area contributed by atoms with Gasteiger partial charge in [0.2, 0.25) is 15.9 Å². The quantitative estimate of drug-likeness (QED) is 0.747. The van der Waals surface area contributed by atoms with E-state index in [0.29, 0.717) is 17.2 Å². The van der Waals surface area contributed by atoms with Gasteiger partial charge in [-0.1, -0.05) is 23.7 Å². The van der Waals surface area contributed by atoms with Crippen molar-refractivity contribution in [3.05, 3.63) is 47.5 Å². The third-order valence-electron chi connectivity index (χ3n) is 3.52. The summed E-state index contributed by atoms with van der Waals surface area (Å²) in [7, 11) is -1.04. The fourth-order valence-electron chi connectivity index (χ4n) is 2.16. The molecule has 2 aromatic carbocycles. The van der Waals surface area contributed by atoms with Crippen LogP contribution in [-0.4, -0.2) is 34.6 Å². The first-order valence-electron chi connectivity index (χ1n) is 7.58. The monoisotopic (exact) mass is 398 g/mol. The number of methoxy groups -OCH3 is 2. The van der Waals surface area contributed by atoms with Crippen LogP contribution in [0.5, 0.6) is 11.5 Å². The van der Waals surface area contributed by atoms with Crippen LogP contribution in [0.25, 0.3) is 0 Å². The molecule has 0 radical (unpaired) electrons. The summed E-state index contributed by atoms with van der Waals surface area (Å²) in [5.41, 5.74) is 0.443. The molecule has 2 N–H and O–H groups in total. The Morgan fingerprint density at radius 3 is 2.35 bits per heavy atom. The van der Waals surface area contributed by atoms with Crippen LogP contribution < -0.4 is 19.5 Å². The first-order chi connectivity index (χ1) is 12.3. The van der Waals surface area contributed by atoms with Crippen molar-refractivity contribution in [2.45, 2.75) is 17.9 Å². The molecule has 0 fully saturated rings. The molecule has 0 aromatic heterocycles. The maximum atomic E-state index is 12.5. The minimum Gasteiger partial charge on any atom is -0.495 e. The smallest absolute Gasteiger partial charge is 0.242 e. The van der Waals surface area contributed by atoms with Crippen LogP contribution in [0.4, 0.5) is 5.69 Å². The normalized spacial score (nSPS) is 12.3. The SMILES string of the molecule is COc1ccc(S(=O)(=O)N[C@@H](C)C(=O)Nc2ccccc2OC)cc1Cl. The van der Waals surface area contributed by atoms with E-state index in [-0.39, 0.29) is 9.92 Å². The molecule has 2 rings (SSSR count). The van der Waals surface area contributed by atoms with Gasteiger partial charge in [0.05, 0.1) is 35.9 Å². The van der Waals surface area contributed by atoms with Crippen LogP contribution in [0.3, 0.4) is 0 Å². The summed E-state index contributed by atoms with van der Waals surface area (Å²) in [5.74, 6) is 0.295. The molecule has 0 unspecified atom stereocenters. The van der Waals surface area contributed by atoms with Gasteiger partial charge in [0.15, 0.2) is 0 Å². The van der Waals surface area contributed by atoms with Gasteiger partial charge in [-0.05, 0) is 37.3 Å². The zero-order valence-corrected chi connectivity index (χ0v) is 16.0. The first-order valence-corrected chi connectivity index (χ1v) is 9.44. The topological polar surface area (TPSA) is 93.7 Å². The number of nitrogens with one attached hydrogen (secondary N) is 2. The number of ether oxygens (including phenoxy) is 2. The molecule has 0 aliphatic rings. The van der Waals surface area contributed by atoms with E-state index in [1.54, 1.807) is 24.3 Å². The largest absolute Gasteiger partial charge is 0.495 e. The molecule has 26 heavy (non-hydrogen) atoms. The number of anilines is 1. The van der Waals surface area contributed by atoms with E-state index in [1.165, 1.54) is 39.3 Å². The molecule has 0 spiro atoms. The van der Waals surface area contributed by atoms with Gasteiger partial charge in [0.25, 0.3) is 0 Å². The van der Waals surface area contributed by atoms with Gasteiger partial charge in [-0.15, -0.1) is 0 Å². The fraction of sp³-hybridized carbons (Fsp3) is 0.235. The predicted octanol–water partition coefficient (Wildman–Crippen LogP) is 2.66. The molecular formula is C17H19ClN2O5S. The van der Waals surface area contributed by atoms with Crippen LogP contribution in [0.1, 0.15) is 6.92 Å². The highest BCUT2D eigenvalue weighted by molar-refractivity contribution is 7.89. The van der Waals surface area contributed by atoms with Crippen molar-refractivity contribution in [3.63, 3.8) is 0 Å². The first kappa shape index (κ1) is 20.0. The van der Waals surface area contributed by atoms with Crippen molar-refractivity contribution >= 4 is 33.2 Å². The number of hydrogen-bond donors (Lipinski definition) is 2. The molecule has 1 atom stereocenters. The molecule has 0 aliphatic carbocycles. The Labute approximate surface area is 157 Å². The maximum Gasteiger partial charge on any atom is 0.242 e. The predicted molar refractivity (Wildman–Crippen MR) is 99.4 cm³/mol. The van der Waals surface area contributed by atoms with Crippen molar-refractivity contribution in [1.29, 1.82) is 0 Å². The van der Waals surface area contributed by atoms with Crippen LogP contribution in [0, 0.1) is 0 Å². The van der Waals surface area contributed by atoms with E-state index in [4.69, 9.17) is 21.1 Å². The van der Waals surface area contributed by atoms with E-state index in [2.05, 4.69) is 10.0 Å². The maximum absolute atomic E-state index is 12.5. The average Bonchev–Trinajstić information content (AvgIpc) is 2.61. The summed E-state index contributed by atoms with van der Waals surface area (Å²) in [4.78, 5) is 12.2. The minimum atomic E-state index is -3.94. The van der Waals surface area contributed by atoms with Crippen molar-refractivity contribution in [2.24, 2.45) is 0 Å². The molecule has 9 heteroatoms. The molecule has 2 aromatic rings. The van der Waals surface area contributed by atoms with Crippen LogP contribution in [0.2, 0.25) is 5.02 Å². The highest BCUT2D eigenvalue weighted by Crippen LogP contribution is 2.27. The Hall–Kier alpha value is -2.29. The van der Waals surface area contributed by atoms with E-state index < -0.39 is 22.0 Å². The van der Waals surface area contributed by atoms with Gasteiger partial charge in [-0.3, -0.25) is 4.79 Å². The summed E-state index contributed by atoms with van der Waals surface area (Å²) in [5, 5.41) is 2.78. The second kappa shape index (κ2) is 8.39. The lowest BCUT2D eigenvalue weighted by molar-refractivity contribution is -0.117. The third kappa shape index (κ3) is 4.66. The van der Waals surface area contributed by atoms with Crippen LogP contribution in [-0.2, 0) is 14.8 Å². The van der Waals surface area contributed by atoms with Gasteiger partial charge >= 0.3 is 0 Å². The Morgan fingerprint density at radius 2 is 1.73 bits per heavy atom. The lowest BCUT2D eigenvalue weighted by Crippen LogP contribution is -2.41. The molecule has 0 aliphatic heterocycles. The number of hydrogen-bond acceptors (Lipinski definition) is 5. The van der Waals surface area contributed by atoms with Crippen LogP contribution in [0.15, 0.2) is 47.4 Å². The van der Waals surface area contributed by atoms with Crippen molar-refractivity contribution in [1.82, 2.24) is 4.72 Å². The van der Waals surface area contributed by atoms with E-state index >= 15 is 0 Å².